The fourth-order valence-electron chi connectivity index (χ4n) is 29.8. The second-order valence-electron chi connectivity index (χ2n) is 43.4. The number of thioether (sulfide) groups is 6. The van der Waals surface area contributed by atoms with Gasteiger partial charge < -0.3 is 0 Å². The average molecular weight is 1870 g/mol. The monoisotopic (exact) mass is 1860 g/mol. The molecule has 6 nitrogen and oxygen atoms in total. The largest absolute Gasteiger partial charge is 0.289 e. The normalized spacial score (nSPS) is 38.9. The first-order valence-electron chi connectivity index (χ1n) is 53.0. The summed E-state index contributed by atoms with van der Waals surface area (Å²) < 4.78 is 19.1. The maximum absolute atomic E-state index is 19.1. The summed E-state index contributed by atoms with van der Waals surface area (Å²) in [6, 6.07) is 9.33. The number of unbranched alkanes of at least 4 members (excludes halogenated alkanes) is 11. The lowest BCUT2D eigenvalue weighted by Gasteiger charge is -2.55. The molecule has 0 aromatic rings. The summed E-state index contributed by atoms with van der Waals surface area (Å²) in [5, 5.41) is 46.3. The van der Waals surface area contributed by atoms with Gasteiger partial charge in [-0.05, 0) is 249 Å². The third-order valence-electron chi connectivity index (χ3n) is 35.9. The van der Waals surface area contributed by atoms with E-state index in [0.717, 1.165) is 101 Å². The van der Waals surface area contributed by atoms with E-state index in [0.29, 0.717) is 108 Å². The average Bonchev–Trinajstić information content (AvgIpc) is 1.49. The molecular weight excluding hydrogens is 1720 g/mol. The highest BCUT2D eigenvalue weighted by molar-refractivity contribution is 8.07. The van der Waals surface area contributed by atoms with Crippen LogP contribution in [0.4, 0.5) is 4.39 Å². The van der Waals surface area contributed by atoms with E-state index >= 15 is 14.0 Å². The zero-order valence-corrected chi connectivity index (χ0v) is 85.2. The van der Waals surface area contributed by atoms with E-state index in [1.807, 2.05) is 18.2 Å². The molecule has 696 valence electrons. The van der Waals surface area contributed by atoms with Crippen molar-refractivity contribution in [2.45, 2.75) is 357 Å². The van der Waals surface area contributed by atoms with Crippen molar-refractivity contribution in [2.24, 2.45) is 112 Å². The summed E-state index contributed by atoms with van der Waals surface area (Å²) in [4.78, 5) is 32.9. The number of halogens is 1. The van der Waals surface area contributed by atoms with Crippen molar-refractivity contribution >= 4 is 82.1 Å². The first-order chi connectivity index (χ1) is 64.0. The van der Waals surface area contributed by atoms with Crippen LogP contribution >= 0.6 is 70.6 Å². The number of hydrogen-bond donors (Lipinski definition) is 0. The first kappa shape index (κ1) is 95.9. The summed E-state index contributed by atoms with van der Waals surface area (Å²) in [5.41, 5.74) is 12.8. The van der Waals surface area contributed by atoms with E-state index in [4.69, 9.17) is 0 Å². The van der Waals surface area contributed by atoms with Crippen LogP contribution in [0.5, 0.6) is 0 Å². The molecule has 3 saturated carbocycles. The number of rotatable bonds is 34. The molecule has 0 bridgehead atoms. The van der Waals surface area contributed by atoms with Crippen LogP contribution in [0.2, 0.25) is 0 Å². The van der Waals surface area contributed by atoms with Gasteiger partial charge in [-0.25, -0.2) is 4.39 Å². The van der Waals surface area contributed by atoms with Crippen molar-refractivity contribution in [1.29, 1.82) is 21.0 Å². The van der Waals surface area contributed by atoms with Gasteiger partial charge in [0.15, 0.2) is 11.6 Å². The van der Waals surface area contributed by atoms with Crippen molar-refractivity contribution in [3.05, 3.63) is 210 Å². The summed E-state index contributed by atoms with van der Waals surface area (Å²) in [7, 11) is 0. The molecule has 0 amide bonds. The van der Waals surface area contributed by atoms with Gasteiger partial charge in [0, 0.05) is 96.6 Å². The Morgan fingerprint density at radius 2 is 1.30 bits per heavy atom. The van der Waals surface area contributed by atoms with Crippen molar-refractivity contribution in [3.8, 4) is 24.3 Å². The Labute approximate surface area is 814 Å². The van der Waals surface area contributed by atoms with Crippen molar-refractivity contribution in [2.75, 3.05) is 0 Å². The molecule has 0 aromatic carbocycles. The van der Waals surface area contributed by atoms with Gasteiger partial charge in [0.1, 0.15) is 41.6 Å². The maximum atomic E-state index is 19.1. The lowest BCUT2D eigenvalue weighted by molar-refractivity contribution is -0.112. The second kappa shape index (κ2) is 42.9. The van der Waals surface area contributed by atoms with Crippen LogP contribution in [0.15, 0.2) is 210 Å². The first-order valence-corrected chi connectivity index (χ1v) is 58.6. The van der Waals surface area contributed by atoms with Crippen LogP contribution < -0.4 is 0 Å². The molecule has 0 N–H and O–H groups in total. The SMILES string of the molecule is CCCCCCC1=CCC(C2(C3=CC=C(CCCCCC)CC3)C3CC(/C=C4\C(=O)C5=C(C=CC(C)C=C5)C4=C(C#N)C#N)SC3C3SC4=C(C5CC(F)C(CC(CC)CCCC)S5)C5C(SC6C7SC(/C=C8\C(=O)C9=C(CC(C)C=C9)C8=C(C#N)C#N)CC7C(C(C7=CCC(CCCCCC)C=C7)C7C=CC=CC7)C65)C(C5CC6CC(CC)C(CCCC)CC6S5)C4C32)C=C1. The number of alkyl halides is 1. The Kier molecular flexibility index (Phi) is 31.5. The van der Waals surface area contributed by atoms with Crippen molar-refractivity contribution in [3.63, 3.8) is 0 Å². The van der Waals surface area contributed by atoms with Gasteiger partial charge in [-0.2, -0.15) is 44.6 Å². The minimum absolute atomic E-state index is 0.00191. The fraction of sp³-hybridized carbons (Fsp3) is 0.644. The zero-order valence-electron chi connectivity index (χ0n) is 80.3. The number of fused-ring (bicyclic) bond motifs is 11. The number of Topliss-reactive ketones (excluding diaryl/α,β-unsaturated/α-hetero) is 2. The molecule has 31 atom stereocenters. The molecule has 6 heterocycles. The van der Waals surface area contributed by atoms with Crippen LogP contribution in [-0.2, 0) is 9.59 Å². The number of carbonyl (C=O) groups excluding carboxylic acids is 2. The van der Waals surface area contributed by atoms with Gasteiger partial charge >= 0.3 is 0 Å². The van der Waals surface area contributed by atoms with E-state index in [1.165, 1.54) is 146 Å². The summed E-state index contributed by atoms with van der Waals surface area (Å²) in [6.45, 7) is 20.9. The number of ketones is 2. The minimum Gasteiger partial charge on any atom is -0.289 e. The van der Waals surface area contributed by atoms with Crippen LogP contribution in [-0.4, -0.2) is 75.5 Å². The molecule has 0 radical (unpaired) electrons. The molecule has 18 aliphatic rings. The Hall–Kier alpha value is -5.35. The number of nitrogens with zero attached hydrogens (tertiary/aromatic N) is 4. The third-order valence-corrected chi connectivity index (χ3v) is 46.4. The predicted molar refractivity (Wildman–Crippen MR) is 555 cm³/mol. The van der Waals surface area contributed by atoms with Crippen molar-refractivity contribution < 1.29 is 14.0 Å². The molecule has 0 aromatic heterocycles. The lowest BCUT2D eigenvalue weighted by Crippen LogP contribution is -2.52. The maximum Gasteiger partial charge on any atom is 0.194 e. The molecule has 6 aliphatic heterocycles. The van der Waals surface area contributed by atoms with E-state index in [1.54, 1.807) is 21.6 Å². The number of carbonyl (C=O) groups is 2. The molecule has 9 fully saturated rings. The van der Waals surface area contributed by atoms with Crippen molar-refractivity contribution in [1.82, 2.24) is 0 Å². The number of hydrogen-bond acceptors (Lipinski definition) is 12. The highest BCUT2D eigenvalue weighted by Gasteiger charge is 2.76. The van der Waals surface area contributed by atoms with Crippen LogP contribution in [0.1, 0.15) is 293 Å². The Bertz CT molecular complexity index is 5070. The Balaban J connectivity index is 0.862. The molecule has 131 heavy (non-hydrogen) atoms. The van der Waals surface area contributed by atoms with Gasteiger partial charge in [0.25, 0.3) is 0 Å². The van der Waals surface area contributed by atoms with E-state index in [9.17, 15) is 21.0 Å². The van der Waals surface area contributed by atoms with E-state index in [-0.39, 0.29) is 124 Å². The van der Waals surface area contributed by atoms with Crippen LogP contribution in [0.25, 0.3) is 0 Å². The molecule has 18 rings (SSSR count). The minimum atomic E-state index is -0.909. The van der Waals surface area contributed by atoms with Gasteiger partial charge in [-0.15, -0.1) is 47.0 Å². The molecule has 6 saturated heterocycles. The predicted octanol–water partition coefficient (Wildman–Crippen LogP) is 31.4. The van der Waals surface area contributed by atoms with Gasteiger partial charge in [0.05, 0.1) is 0 Å². The van der Waals surface area contributed by atoms with Gasteiger partial charge in [-0.1, -0.05) is 316 Å². The highest BCUT2D eigenvalue weighted by Crippen LogP contribution is 2.82. The number of nitriles is 4. The molecular formula is C118H149FN4O2S6. The molecule has 0 spiro atoms. The fourth-order valence-corrected chi connectivity index (χ4v) is 42.6. The smallest absolute Gasteiger partial charge is 0.194 e. The quantitative estimate of drug-likeness (QED) is 0.0345. The van der Waals surface area contributed by atoms with Crippen LogP contribution in [0.3, 0.4) is 0 Å². The molecule has 13 heteroatoms. The highest BCUT2D eigenvalue weighted by atomic mass is 32.2. The zero-order chi connectivity index (χ0) is 90.9. The summed E-state index contributed by atoms with van der Waals surface area (Å²) in [6.07, 6.45) is 88.7. The number of allylic oxidation sites excluding steroid dienone is 33. The van der Waals surface area contributed by atoms with Gasteiger partial charge in [0.2, 0.25) is 0 Å². The second-order valence-corrected chi connectivity index (χ2v) is 51.8. The van der Waals surface area contributed by atoms with Crippen LogP contribution in [0, 0.1) is 157 Å². The summed E-state index contributed by atoms with van der Waals surface area (Å²) >= 11 is 13.9. The molecule has 12 aliphatic carbocycles. The molecule has 31 unspecified atom stereocenters. The standard InChI is InChI=1S/C118H149FN4O2S6/c1-10-17-22-26-32-73-41-47-78(48-42-73)100(77-36-29-25-30-37-77)103-93-63-85(61-92-102(82(68-122)69-123)90-56-71(9)40-55-89(90)111(92)125)126-112(93)116-106(103)107-104(99-65-95(119)97(129-99)57-72(15-6)31-20-13-4)115-108(105(114(107)130-116)98-60-80-58-76(16-7)79(35-21-14-5)59-96(80)128-98)109-117(131-115)113-94(64-86(127-113)62-91-101(81(66-120)67-121)87-53-38-70(8)39-54-88(87)110(91)124)118(109,83-49-43-74(44-50-83)33-27-23-18-11-2)84-51-45-75(46-52-84)34-28-24-19-12-3/h25,29-30,36,38-41,43-45,47-49,51,53-55,61-62,70-73,76-77,79-80,83,85-86,93-100,103,105-109,112-114,116-117H,10-24,26-28,31-35,37,42,46,50,52,56-60,63-65H2,1-9H3/b91-62-,92-61-. The summed E-state index contributed by atoms with van der Waals surface area (Å²) in [5.74, 6) is 6.32. The lowest BCUT2D eigenvalue weighted by atomic mass is 9.50. The Morgan fingerprint density at radius 3 is 1.99 bits per heavy atom. The van der Waals surface area contributed by atoms with Gasteiger partial charge in [-0.3, -0.25) is 9.59 Å². The topological polar surface area (TPSA) is 129 Å². The van der Waals surface area contributed by atoms with E-state index in [2.05, 4.69) is 260 Å². The van der Waals surface area contributed by atoms with E-state index < -0.39 is 6.17 Å². The Morgan fingerprint density at radius 1 is 0.580 bits per heavy atom. The third kappa shape index (κ3) is 18.6.